The van der Waals surface area contributed by atoms with Crippen molar-refractivity contribution in [3.8, 4) is 0 Å². The minimum absolute atomic E-state index is 0.0339. The molecule has 1 aliphatic rings. The van der Waals surface area contributed by atoms with Crippen LogP contribution in [0, 0.1) is 5.92 Å². The van der Waals surface area contributed by atoms with Gasteiger partial charge >= 0.3 is 5.97 Å². The standard InChI is InChI=1S/C21H22BrClN2O5S/c1-14-3-2-10-25(12-14)20(26)13-30-21(27)18-11-17(8-9-19(18)23)31(28,29)24-16-6-4-15(22)5-7-16/h4-9,11,14,24H,2-3,10,12-13H2,1H3. The van der Waals surface area contributed by atoms with Gasteiger partial charge in [0.1, 0.15) is 0 Å². The Morgan fingerprint density at radius 3 is 2.61 bits per heavy atom. The van der Waals surface area contributed by atoms with E-state index in [9.17, 15) is 18.0 Å². The second-order valence-corrected chi connectivity index (χ2v) is 10.4. The fraction of sp³-hybridized carbons (Fsp3) is 0.333. The van der Waals surface area contributed by atoms with Gasteiger partial charge in [-0.1, -0.05) is 34.5 Å². The number of amides is 1. The molecule has 166 valence electrons. The predicted octanol–water partition coefficient (Wildman–Crippen LogP) is 4.32. The Morgan fingerprint density at radius 1 is 1.23 bits per heavy atom. The first-order valence-electron chi connectivity index (χ1n) is 9.68. The molecule has 0 aliphatic carbocycles. The lowest BCUT2D eigenvalue weighted by molar-refractivity contribution is -0.136. The van der Waals surface area contributed by atoms with Crippen molar-refractivity contribution in [3.05, 3.63) is 57.5 Å². The topological polar surface area (TPSA) is 92.8 Å². The van der Waals surface area contributed by atoms with Gasteiger partial charge in [-0.15, -0.1) is 0 Å². The number of nitrogens with zero attached hydrogens (tertiary/aromatic N) is 1. The van der Waals surface area contributed by atoms with Crippen molar-refractivity contribution in [2.45, 2.75) is 24.7 Å². The summed E-state index contributed by atoms with van der Waals surface area (Å²) in [5.41, 5.74) is 0.240. The van der Waals surface area contributed by atoms with Gasteiger partial charge in [0.25, 0.3) is 15.9 Å². The summed E-state index contributed by atoms with van der Waals surface area (Å²) >= 11 is 9.37. The predicted molar refractivity (Wildman–Crippen MR) is 122 cm³/mol. The van der Waals surface area contributed by atoms with Crippen molar-refractivity contribution in [3.63, 3.8) is 0 Å². The van der Waals surface area contributed by atoms with E-state index in [1.807, 2.05) is 0 Å². The Balaban J connectivity index is 1.70. The van der Waals surface area contributed by atoms with Crippen LogP contribution in [0.15, 0.2) is 51.8 Å². The maximum atomic E-state index is 12.7. The molecule has 0 radical (unpaired) electrons. The summed E-state index contributed by atoms with van der Waals surface area (Å²) in [6, 6.07) is 10.3. The molecular weight excluding hydrogens is 508 g/mol. The maximum Gasteiger partial charge on any atom is 0.340 e. The average molecular weight is 530 g/mol. The van der Waals surface area contributed by atoms with Crippen LogP contribution in [-0.2, 0) is 19.6 Å². The van der Waals surface area contributed by atoms with Crippen molar-refractivity contribution in [1.82, 2.24) is 4.90 Å². The van der Waals surface area contributed by atoms with Gasteiger partial charge in [-0.3, -0.25) is 9.52 Å². The van der Waals surface area contributed by atoms with Crippen molar-refractivity contribution in [2.75, 3.05) is 24.4 Å². The van der Waals surface area contributed by atoms with Gasteiger partial charge in [0.05, 0.1) is 15.5 Å². The summed E-state index contributed by atoms with van der Waals surface area (Å²) < 4.78 is 33.8. The first kappa shape index (κ1) is 23.6. The van der Waals surface area contributed by atoms with Crippen LogP contribution < -0.4 is 4.72 Å². The molecule has 0 spiro atoms. The van der Waals surface area contributed by atoms with Crippen LogP contribution >= 0.6 is 27.5 Å². The van der Waals surface area contributed by atoms with Crippen LogP contribution in [0.2, 0.25) is 5.02 Å². The fourth-order valence-corrected chi connectivity index (χ4v) is 4.82. The molecule has 1 atom stereocenters. The van der Waals surface area contributed by atoms with E-state index in [0.29, 0.717) is 24.7 Å². The van der Waals surface area contributed by atoms with Crippen molar-refractivity contribution >= 4 is 55.1 Å². The summed E-state index contributed by atoms with van der Waals surface area (Å²) in [5.74, 6) is -0.733. The van der Waals surface area contributed by atoms with E-state index < -0.39 is 22.6 Å². The second kappa shape index (κ2) is 10.0. The molecule has 1 amide bonds. The highest BCUT2D eigenvalue weighted by atomic mass is 79.9. The zero-order chi connectivity index (χ0) is 22.6. The Hall–Kier alpha value is -2.10. The number of hydrogen-bond donors (Lipinski definition) is 1. The molecule has 1 fully saturated rings. The lowest BCUT2D eigenvalue weighted by Gasteiger charge is -2.30. The van der Waals surface area contributed by atoms with Gasteiger partial charge in [-0.2, -0.15) is 0 Å². The number of rotatable bonds is 6. The Labute approximate surface area is 194 Å². The molecule has 0 aromatic heterocycles. The van der Waals surface area contributed by atoms with Crippen LogP contribution in [-0.4, -0.2) is 44.9 Å². The largest absolute Gasteiger partial charge is 0.452 e. The van der Waals surface area contributed by atoms with E-state index in [1.54, 1.807) is 29.2 Å². The smallest absolute Gasteiger partial charge is 0.340 e. The number of nitrogens with one attached hydrogen (secondary N) is 1. The molecule has 1 heterocycles. The zero-order valence-electron chi connectivity index (χ0n) is 16.8. The molecule has 1 saturated heterocycles. The fourth-order valence-electron chi connectivity index (χ4n) is 3.27. The normalized spacial score (nSPS) is 16.6. The van der Waals surface area contributed by atoms with Gasteiger partial charge in [-0.05, 0) is 61.2 Å². The number of ether oxygens (including phenoxy) is 1. The van der Waals surface area contributed by atoms with Gasteiger partial charge in [-0.25, -0.2) is 13.2 Å². The third-order valence-electron chi connectivity index (χ3n) is 4.90. The van der Waals surface area contributed by atoms with Gasteiger partial charge in [0, 0.05) is 23.2 Å². The number of hydrogen-bond acceptors (Lipinski definition) is 5. The summed E-state index contributed by atoms with van der Waals surface area (Å²) in [4.78, 5) is 26.3. The van der Waals surface area contributed by atoms with E-state index in [4.69, 9.17) is 16.3 Å². The van der Waals surface area contributed by atoms with E-state index in [2.05, 4.69) is 27.6 Å². The van der Waals surface area contributed by atoms with Crippen LogP contribution in [0.25, 0.3) is 0 Å². The number of carbonyl (C=O) groups is 2. The van der Waals surface area contributed by atoms with Crippen molar-refractivity contribution in [1.29, 1.82) is 0 Å². The zero-order valence-corrected chi connectivity index (χ0v) is 20.0. The molecule has 2 aromatic carbocycles. The first-order valence-corrected chi connectivity index (χ1v) is 12.3. The minimum Gasteiger partial charge on any atom is -0.452 e. The highest BCUT2D eigenvalue weighted by Crippen LogP contribution is 2.24. The highest BCUT2D eigenvalue weighted by Gasteiger charge is 2.24. The number of piperidine rings is 1. The van der Waals surface area contributed by atoms with E-state index >= 15 is 0 Å². The summed E-state index contributed by atoms with van der Waals surface area (Å²) in [5, 5.41) is 0.0339. The number of sulfonamides is 1. The summed E-state index contributed by atoms with van der Waals surface area (Å²) in [6.45, 7) is 2.92. The van der Waals surface area contributed by atoms with Gasteiger partial charge < -0.3 is 9.64 Å². The minimum atomic E-state index is -3.96. The quantitative estimate of drug-likeness (QED) is 0.563. The first-order chi connectivity index (χ1) is 14.7. The summed E-state index contributed by atoms with van der Waals surface area (Å²) in [6.07, 6.45) is 1.98. The van der Waals surface area contributed by atoms with Crippen molar-refractivity contribution in [2.24, 2.45) is 5.92 Å². The molecule has 31 heavy (non-hydrogen) atoms. The van der Waals surface area contributed by atoms with Crippen LogP contribution in [0.5, 0.6) is 0 Å². The number of anilines is 1. The molecule has 3 rings (SSSR count). The van der Waals surface area contributed by atoms with E-state index in [1.165, 1.54) is 12.1 Å². The van der Waals surface area contributed by atoms with Crippen LogP contribution in [0.1, 0.15) is 30.1 Å². The molecule has 1 unspecified atom stereocenters. The monoisotopic (exact) mass is 528 g/mol. The summed E-state index contributed by atoms with van der Waals surface area (Å²) in [7, 11) is -3.96. The van der Waals surface area contributed by atoms with Gasteiger partial charge in [0.15, 0.2) is 6.61 Å². The highest BCUT2D eigenvalue weighted by molar-refractivity contribution is 9.10. The lowest BCUT2D eigenvalue weighted by atomic mass is 10.0. The molecule has 0 saturated carbocycles. The second-order valence-electron chi connectivity index (χ2n) is 7.42. The van der Waals surface area contributed by atoms with Crippen LogP contribution in [0.4, 0.5) is 5.69 Å². The van der Waals surface area contributed by atoms with E-state index in [-0.39, 0.29) is 21.4 Å². The molecule has 0 bridgehead atoms. The molecule has 1 N–H and O–H groups in total. The third-order valence-corrected chi connectivity index (χ3v) is 7.14. The Bertz CT molecular complexity index is 1080. The SMILES string of the molecule is CC1CCCN(C(=O)COC(=O)c2cc(S(=O)(=O)Nc3ccc(Br)cc3)ccc2Cl)C1. The van der Waals surface area contributed by atoms with Crippen LogP contribution in [0.3, 0.4) is 0 Å². The third kappa shape index (κ3) is 6.21. The molecule has 2 aromatic rings. The average Bonchev–Trinajstić information content (AvgIpc) is 2.73. The number of likely N-dealkylation sites (tertiary alicyclic amines) is 1. The van der Waals surface area contributed by atoms with E-state index in [0.717, 1.165) is 23.4 Å². The lowest BCUT2D eigenvalue weighted by Crippen LogP contribution is -2.41. The molecule has 7 nitrogen and oxygen atoms in total. The molecular formula is C21H22BrClN2O5S. The Kier molecular flexibility index (Phi) is 7.61. The number of esters is 1. The molecule has 1 aliphatic heterocycles. The number of benzene rings is 2. The van der Waals surface area contributed by atoms with Crippen molar-refractivity contribution < 1.29 is 22.7 Å². The molecule has 10 heteroatoms. The van der Waals surface area contributed by atoms with Gasteiger partial charge in [0.2, 0.25) is 0 Å². The number of halogens is 2. The Morgan fingerprint density at radius 2 is 1.94 bits per heavy atom. The number of carbonyl (C=O) groups excluding carboxylic acids is 2. The maximum absolute atomic E-state index is 12.7.